The van der Waals surface area contributed by atoms with E-state index in [1.54, 1.807) is 0 Å². The minimum atomic E-state index is -4.85. The monoisotopic (exact) mass is 430 g/mol. The molecule has 0 N–H and O–H groups in total. The van der Waals surface area contributed by atoms with Crippen LogP contribution < -0.4 is 0 Å². The lowest BCUT2D eigenvalue weighted by Gasteiger charge is -2.22. The molecule has 0 atom stereocenters. The van der Waals surface area contributed by atoms with Gasteiger partial charge in [0, 0.05) is 5.56 Å². The maximum absolute atomic E-state index is 13.6. The summed E-state index contributed by atoms with van der Waals surface area (Å²) >= 11 is 0. The highest BCUT2D eigenvalue weighted by Crippen LogP contribution is 2.46. The molecule has 0 amide bonds. The van der Waals surface area contributed by atoms with Crippen molar-refractivity contribution in [3.63, 3.8) is 0 Å². The lowest BCUT2D eigenvalue weighted by molar-refractivity contribution is -0.138. The molecule has 0 nitrogen and oxygen atoms in total. The number of alkyl halides is 8. The van der Waals surface area contributed by atoms with E-state index in [1.165, 1.54) is 24.3 Å². The van der Waals surface area contributed by atoms with Gasteiger partial charge in [-0.2, -0.15) is 26.3 Å². The summed E-state index contributed by atoms with van der Waals surface area (Å²) in [5, 5.41) is 0. The van der Waals surface area contributed by atoms with Crippen molar-refractivity contribution in [3.05, 3.63) is 82.9 Å². The lowest BCUT2D eigenvalue weighted by atomic mass is 9.85. The molecule has 30 heavy (non-hydrogen) atoms. The van der Waals surface area contributed by atoms with Crippen LogP contribution in [0, 0.1) is 6.92 Å². The maximum atomic E-state index is 13.6. The fraction of sp³-hybridized carbons (Fsp3) is 0.182. The van der Waals surface area contributed by atoms with E-state index in [-0.39, 0.29) is 16.7 Å². The Morgan fingerprint density at radius 2 is 1.13 bits per heavy atom. The topological polar surface area (TPSA) is 0 Å². The Morgan fingerprint density at radius 3 is 1.70 bits per heavy atom. The standard InChI is InChI=1S/C22H14F8/c1-12-17(21(25,26)27)11-10-14(13-6-2-3-7-15(13)20(23)24)19(12)16-8-4-5-9-18(16)22(28,29)30/h2-11,20H,1H3. The van der Waals surface area contributed by atoms with E-state index >= 15 is 0 Å². The van der Waals surface area contributed by atoms with Crippen molar-refractivity contribution in [1.82, 2.24) is 0 Å². The van der Waals surface area contributed by atoms with Crippen molar-refractivity contribution >= 4 is 0 Å². The minimum Gasteiger partial charge on any atom is -0.205 e. The summed E-state index contributed by atoms with van der Waals surface area (Å²) < 4.78 is 108. The normalized spacial score (nSPS) is 12.5. The number of rotatable bonds is 3. The molecule has 0 saturated carbocycles. The Morgan fingerprint density at radius 1 is 0.600 bits per heavy atom. The predicted molar refractivity (Wildman–Crippen MR) is 97.0 cm³/mol. The van der Waals surface area contributed by atoms with Gasteiger partial charge in [0.2, 0.25) is 0 Å². The summed E-state index contributed by atoms with van der Waals surface area (Å²) in [5.74, 6) is 0. The summed E-state index contributed by atoms with van der Waals surface area (Å²) in [6.07, 6.45) is -12.6. The fourth-order valence-corrected chi connectivity index (χ4v) is 3.47. The molecule has 0 heterocycles. The summed E-state index contributed by atoms with van der Waals surface area (Å²) in [7, 11) is 0. The predicted octanol–water partition coefficient (Wildman–Crippen LogP) is 8.30. The third-order valence-electron chi connectivity index (χ3n) is 4.76. The molecule has 0 unspecified atom stereocenters. The molecule has 158 valence electrons. The molecule has 0 fully saturated rings. The van der Waals surface area contributed by atoms with Gasteiger partial charge in [0.25, 0.3) is 6.43 Å². The zero-order chi connectivity index (χ0) is 22.3. The van der Waals surface area contributed by atoms with Gasteiger partial charge in [-0.3, -0.25) is 0 Å². The van der Waals surface area contributed by atoms with E-state index in [0.717, 1.165) is 37.3 Å². The first-order valence-corrected chi connectivity index (χ1v) is 8.67. The smallest absolute Gasteiger partial charge is 0.205 e. The fourth-order valence-electron chi connectivity index (χ4n) is 3.47. The molecular formula is C22H14F8. The van der Waals surface area contributed by atoms with E-state index in [2.05, 4.69) is 0 Å². The van der Waals surface area contributed by atoms with Gasteiger partial charge < -0.3 is 0 Å². The van der Waals surface area contributed by atoms with Crippen LogP contribution in [0.5, 0.6) is 0 Å². The average Bonchev–Trinajstić information content (AvgIpc) is 2.66. The Bertz CT molecular complexity index is 1060. The molecule has 0 bridgehead atoms. The Labute approximate surface area is 166 Å². The van der Waals surface area contributed by atoms with E-state index in [1.807, 2.05) is 0 Å². The summed E-state index contributed by atoms with van der Waals surface area (Å²) in [6.45, 7) is 1.04. The first kappa shape index (κ1) is 21.8. The third kappa shape index (κ3) is 4.04. The number of halogens is 8. The van der Waals surface area contributed by atoms with Crippen molar-refractivity contribution in [3.8, 4) is 22.3 Å². The molecule has 3 aromatic rings. The average molecular weight is 430 g/mol. The Balaban J connectivity index is 2.46. The van der Waals surface area contributed by atoms with Crippen LogP contribution in [0.15, 0.2) is 60.7 Å². The molecular weight excluding hydrogens is 416 g/mol. The van der Waals surface area contributed by atoms with Crippen LogP contribution in [0.3, 0.4) is 0 Å². The second-order valence-electron chi connectivity index (χ2n) is 6.59. The first-order valence-electron chi connectivity index (χ1n) is 8.67. The molecule has 3 rings (SSSR count). The maximum Gasteiger partial charge on any atom is 0.417 e. The first-order chi connectivity index (χ1) is 13.9. The summed E-state index contributed by atoms with van der Waals surface area (Å²) in [4.78, 5) is 0. The zero-order valence-electron chi connectivity index (χ0n) is 15.4. The van der Waals surface area contributed by atoms with E-state index < -0.39 is 46.6 Å². The second-order valence-corrected chi connectivity index (χ2v) is 6.59. The molecule has 0 saturated heterocycles. The SMILES string of the molecule is Cc1c(C(F)(F)F)ccc(-c2ccccc2C(F)F)c1-c1ccccc1C(F)(F)F. The van der Waals surface area contributed by atoms with Crippen molar-refractivity contribution in [2.45, 2.75) is 25.7 Å². The van der Waals surface area contributed by atoms with E-state index in [0.29, 0.717) is 6.07 Å². The highest BCUT2D eigenvalue weighted by atomic mass is 19.4. The highest BCUT2D eigenvalue weighted by molar-refractivity contribution is 5.89. The number of hydrogen-bond acceptors (Lipinski definition) is 0. The van der Waals surface area contributed by atoms with Gasteiger partial charge in [-0.15, -0.1) is 0 Å². The van der Waals surface area contributed by atoms with E-state index in [4.69, 9.17) is 0 Å². The van der Waals surface area contributed by atoms with Gasteiger partial charge in [-0.05, 0) is 46.9 Å². The van der Waals surface area contributed by atoms with Crippen molar-refractivity contribution < 1.29 is 35.1 Å². The van der Waals surface area contributed by atoms with Crippen LogP contribution in [0.1, 0.15) is 28.7 Å². The second kappa shape index (κ2) is 7.74. The van der Waals surface area contributed by atoms with Crippen LogP contribution in [-0.4, -0.2) is 0 Å². The van der Waals surface area contributed by atoms with Crippen LogP contribution in [0.2, 0.25) is 0 Å². The van der Waals surface area contributed by atoms with Crippen LogP contribution in [0.4, 0.5) is 35.1 Å². The van der Waals surface area contributed by atoms with Crippen molar-refractivity contribution in [1.29, 1.82) is 0 Å². The van der Waals surface area contributed by atoms with E-state index in [9.17, 15) is 35.1 Å². The highest BCUT2D eigenvalue weighted by Gasteiger charge is 2.37. The lowest BCUT2D eigenvalue weighted by Crippen LogP contribution is -2.11. The van der Waals surface area contributed by atoms with Gasteiger partial charge in [0.1, 0.15) is 0 Å². The molecule has 0 radical (unpaired) electrons. The molecule has 0 aromatic heterocycles. The van der Waals surface area contributed by atoms with Gasteiger partial charge >= 0.3 is 12.4 Å². The molecule has 0 spiro atoms. The van der Waals surface area contributed by atoms with Gasteiger partial charge in [0.15, 0.2) is 0 Å². The molecule has 8 heteroatoms. The summed E-state index contributed by atoms with van der Waals surface area (Å²) in [5.41, 5.74) is -4.39. The van der Waals surface area contributed by atoms with Gasteiger partial charge in [-0.25, -0.2) is 8.78 Å². The Hall–Kier alpha value is -2.90. The van der Waals surface area contributed by atoms with Crippen molar-refractivity contribution in [2.24, 2.45) is 0 Å². The zero-order valence-corrected chi connectivity index (χ0v) is 15.4. The van der Waals surface area contributed by atoms with Crippen LogP contribution >= 0.6 is 0 Å². The largest absolute Gasteiger partial charge is 0.417 e. The quantitative estimate of drug-likeness (QED) is 0.367. The van der Waals surface area contributed by atoms with Crippen molar-refractivity contribution in [2.75, 3.05) is 0 Å². The van der Waals surface area contributed by atoms with Crippen LogP contribution in [0.25, 0.3) is 22.3 Å². The van der Waals surface area contributed by atoms with Crippen LogP contribution in [-0.2, 0) is 12.4 Å². The minimum absolute atomic E-state index is 0.128. The Kier molecular flexibility index (Phi) is 5.62. The molecule has 0 aliphatic carbocycles. The summed E-state index contributed by atoms with van der Waals surface area (Å²) in [6, 6.07) is 10.9. The number of hydrogen-bond donors (Lipinski definition) is 0. The van der Waals surface area contributed by atoms with Gasteiger partial charge in [-0.1, -0.05) is 48.5 Å². The molecule has 3 aromatic carbocycles. The number of benzene rings is 3. The molecule has 0 aliphatic heterocycles. The third-order valence-corrected chi connectivity index (χ3v) is 4.76. The van der Waals surface area contributed by atoms with Gasteiger partial charge in [0.05, 0.1) is 11.1 Å². The molecule has 0 aliphatic rings.